The molecule has 162 valence electrons. The Bertz CT molecular complexity index is 856. The molecule has 1 spiro atoms. The number of rotatable bonds is 2. The van der Waals surface area contributed by atoms with Crippen LogP contribution in [-0.2, 0) is 16.0 Å². The SMILES string of the molecule is CC(C)(C)NC(=O)[C@@H]1CN(C(=O)C2CCNCC2)C[C@]12Cc1ccccc1C(=O)N2. The number of benzene rings is 1. The second-order valence-corrected chi connectivity index (χ2v) is 9.98. The molecule has 2 fully saturated rings. The van der Waals surface area contributed by atoms with Gasteiger partial charge in [0.25, 0.3) is 5.91 Å². The summed E-state index contributed by atoms with van der Waals surface area (Å²) >= 11 is 0. The predicted octanol–water partition coefficient (Wildman–Crippen LogP) is 1.08. The minimum atomic E-state index is -0.774. The zero-order valence-electron chi connectivity index (χ0n) is 18.1. The molecule has 3 amide bonds. The van der Waals surface area contributed by atoms with Crippen molar-refractivity contribution < 1.29 is 14.4 Å². The topological polar surface area (TPSA) is 90.5 Å². The maximum absolute atomic E-state index is 13.3. The summed E-state index contributed by atoms with van der Waals surface area (Å²) in [4.78, 5) is 41.3. The summed E-state index contributed by atoms with van der Waals surface area (Å²) in [5, 5.41) is 9.51. The average molecular weight is 413 g/mol. The molecule has 3 aliphatic heterocycles. The van der Waals surface area contributed by atoms with Gasteiger partial charge in [0.1, 0.15) is 0 Å². The summed E-state index contributed by atoms with van der Waals surface area (Å²) in [6.07, 6.45) is 2.18. The van der Waals surface area contributed by atoms with E-state index in [2.05, 4.69) is 16.0 Å². The molecule has 3 aliphatic rings. The van der Waals surface area contributed by atoms with Crippen LogP contribution in [0, 0.1) is 11.8 Å². The van der Waals surface area contributed by atoms with Crippen molar-refractivity contribution in [2.45, 2.75) is 51.1 Å². The Morgan fingerprint density at radius 3 is 2.57 bits per heavy atom. The van der Waals surface area contributed by atoms with E-state index in [1.54, 1.807) is 0 Å². The Balaban J connectivity index is 1.64. The first-order valence-electron chi connectivity index (χ1n) is 10.9. The fourth-order valence-corrected chi connectivity index (χ4v) is 5.08. The predicted molar refractivity (Wildman–Crippen MR) is 114 cm³/mol. The lowest BCUT2D eigenvalue weighted by molar-refractivity contribution is -0.135. The molecule has 0 aliphatic carbocycles. The summed E-state index contributed by atoms with van der Waals surface area (Å²) in [7, 11) is 0. The van der Waals surface area contributed by atoms with Crippen LogP contribution in [0.4, 0.5) is 0 Å². The van der Waals surface area contributed by atoms with E-state index in [1.165, 1.54) is 0 Å². The Hall–Kier alpha value is -2.41. The van der Waals surface area contributed by atoms with Crippen molar-refractivity contribution in [3.63, 3.8) is 0 Å². The zero-order chi connectivity index (χ0) is 21.5. The van der Waals surface area contributed by atoms with Gasteiger partial charge in [0.05, 0.1) is 11.5 Å². The number of nitrogens with zero attached hydrogens (tertiary/aromatic N) is 1. The third-order valence-corrected chi connectivity index (χ3v) is 6.49. The first-order valence-corrected chi connectivity index (χ1v) is 10.9. The molecule has 0 saturated carbocycles. The molecule has 4 rings (SSSR count). The molecule has 0 bridgehead atoms. The van der Waals surface area contributed by atoms with Crippen LogP contribution in [0.5, 0.6) is 0 Å². The van der Waals surface area contributed by atoms with Gasteiger partial charge in [-0.2, -0.15) is 0 Å². The van der Waals surface area contributed by atoms with Gasteiger partial charge in [0.2, 0.25) is 11.8 Å². The molecular weight excluding hydrogens is 380 g/mol. The summed E-state index contributed by atoms with van der Waals surface area (Å²) < 4.78 is 0. The highest BCUT2D eigenvalue weighted by atomic mass is 16.2. The van der Waals surface area contributed by atoms with Crippen LogP contribution in [-0.4, -0.2) is 59.9 Å². The van der Waals surface area contributed by atoms with E-state index < -0.39 is 11.5 Å². The van der Waals surface area contributed by atoms with E-state index >= 15 is 0 Å². The maximum atomic E-state index is 13.3. The van der Waals surface area contributed by atoms with Crippen molar-refractivity contribution in [1.82, 2.24) is 20.9 Å². The van der Waals surface area contributed by atoms with Crippen molar-refractivity contribution in [1.29, 1.82) is 0 Å². The van der Waals surface area contributed by atoms with Crippen molar-refractivity contribution >= 4 is 17.7 Å². The quantitative estimate of drug-likeness (QED) is 0.678. The highest BCUT2D eigenvalue weighted by molar-refractivity contribution is 5.98. The lowest BCUT2D eigenvalue weighted by Gasteiger charge is -2.39. The standard InChI is InChI=1S/C23H32N4O3/c1-22(2,3)25-20(29)18-13-27(21(30)15-8-10-24-11-9-15)14-23(18)12-16-6-4-5-7-17(16)19(28)26-23/h4-7,15,18,24H,8-14H2,1-3H3,(H,25,29)(H,26,28)/t18-,23+/m0/s1. The summed E-state index contributed by atoms with van der Waals surface area (Å²) in [5.41, 5.74) is 0.428. The molecule has 0 aromatic heterocycles. The molecule has 0 radical (unpaired) electrons. The summed E-state index contributed by atoms with van der Waals surface area (Å²) in [6.45, 7) is 8.23. The zero-order valence-corrected chi connectivity index (χ0v) is 18.1. The smallest absolute Gasteiger partial charge is 0.252 e. The average Bonchev–Trinajstić information content (AvgIpc) is 3.05. The number of nitrogens with one attached hydrogen (secondary N) is 3. The summed E-state index contributed by atoms with van der Waals surface area (Å²) in [6, 6.07) is 7.53. The van der Waals surface area contributed by atoms with Crippen molar-refractivity contribution in [3.8, 4) is 0 Å². The third-order valence-electron chi connectivity index (χ3n) is 6.49. The molecule has 2 atom stereocenters. The molecule has 7 nitrogen and oxygen atoms in total. The molecular formula is C23H32N4O3. The van der Waals surface area contributed by atoms with Gasteiger partial charge in [-0.15, -0.1) is 0 Å². The fraction of sp³-hybridized carbons (Fsp3) is 0.609. The molecule has 0 unspecified atom stereocenters. The van der Waals surface area contributed by atoms with E-state index in [4.69, 9.17) is 0 Å². The van der Waals surface area contributed by atoms with Crippen LogP contribution in [0.25, 0.3) is 0 Å². The number of piperidine rings is 1. The van der Waals surface area contributed by atoms with E-state index in [0.717, 1.165) is 31.5 Å². The van der Waals surface area contributed by atoms with Crippen molar-refractivity contribution in [3.05, 3.63) is 35.4 Å². The number of likely N-dealkylation sites (tertiary alicyclic amines) is 1. The molecule has 3 N–H and O–H groups in total. The molecule has 1 aromatic carbocycles. The van der Waals surface area contributed by atoms with E-state index in [9.17, 15) is 14.4 Å². The molecule has 2 saturated heterocycles. The minimum absolute atomic E-state index is 0.0145. The molecule has 7 heteroatoms. The number of carbonyl (C=O) groups excluding carboxylic acids is 3. The van der Waals surface area contributed by atoms with Crippen LogP contribution < -0.4 is 16.0 Å². The second kappa shape index (κ2) is 7.69. The number of hydrogen-bond acceptors (Lipinski definition) is 4. The van der Waals surface area contributed by atoms with Gasteiger partial charge in [-0.25, -0.2) is 0 Å². The Morgan fingerprint density at radius 1 is 1.17 bits per heavy atom. The van der Waals surface area contributed by atoms with Crippen molar-refractivity contribution in [2.24, 2.45) is 11.8 Å². The lowest BCUT2D eigenvalue weighted by Crippen LogP contribution is -2.62. The van der Waals surface area contributed by atoms with Crippen LogP contribution >= 0.6 is 0 Å². The van der Waals surface area contributed by atoms with Gasteiger partial charge in [-0.05, 0) is 64.8 Å². The number of carbonyl (C=O) groups is 3. The fourth-order valence-electron chi connectivity index (χ4n) is 5.08. The Labute approximate surface area is 178 Å². The van der Waals surface area contributed by atoms with Gasteiger partial charge in [0.15, 0.2) is 0 Å². The highest BCUT2D eigenvalue weighted by Gasteiger charge is 2.55. The summed E-state index contributed by atoms with van der Waals surface area (Å²) in [5.74, 6) is -0.668. The van der Waals surface area contributed by atoms with Crippen LogP contribution in [0.15, 0.2) is 24.3 Å². The Kier molecular flexibility index (Phi) is 5.34. The van der Waals surface area contributed by atoms with Crippen molar-refractivity contribution in [2.75, 3.05) is 26.2 Å². The van der Waals surface area contributed by atoms with Crippen LogP contribution in [0.2, 0.25) is 0 Å². The van der Waals surface area contributed by atoms with Gasteiger partial charge in [0, 0.05) is 30.1 Å². The van der Waals surface area contributed by atoms with E-state index in [-0.39, 0.29) is 29.2 Å². The number of fused-ring (bicyclic) bond motifs is 1. The maximum Gasteiger partial charge on any atom is 0.252 e. The van der Waals surface area contributed by atoms with Gasteiger partial charge in [-0.3, -0.25) is 14.4 Å². The normalized spacial score (nSPS) is 27.0. The van der Waals surface area contributed by atoms with Gasteiger partial charge in [-0.1, -0.05) is 18.2 Å². The number of amides is 3. The Morgan fingerprint density at radius 2 is 1.87 bits per heavy atom. The van der Waals surface area contributed by atoms with Gasteiger partial charge < -0.3 is 20.9 Å². The van der Waals surface area contributed by atoms with Gasteiger partial charge >= 0.3 is 0 Å². The van der Waals surface area contributed by atoms with Crippen LogP contribution in [0.3, 0.4) is 0 Å². The molecule has 1 aromatic rings. The van der Waals surface area contributed by atoms with Crippen LogP contribution in [0.1, 0.15) is 49.5 Å². The highest BCUT2D eigenvalue weighted by Crippen LogP contribution is 2.37. The van der Waals surface area contributed by atoms with E-state index in [1.807, 2.05) is 49.9 Å². The second-order valence-electron chi connectivity index (χ2n) is 9.98. The molecule has 30 heavy (non-hydrogen) atoms. The minimum Gasteiger partial charge on any atom is -0.351 e. The van der Waals surface area contributed by atoms with E-state index in [0.29, 0.717) is 25.1 Å². The molecule has 3 heterocycles. The first-order chi connectivity index (χ1) is 14.2. The number of hydrogen-bond donors (Lipinski definition) is 3. The first kappa shape index (κ1) is 20.8. The third kappa shape index (κ3) is 3.95. The monoisotopic (exact) mass is 412 g/mol. The largest absolute Gasteiger partial charge is 0.351 e. The lowest BCUT2D eigenvalue weighted by atomic mass is 9.76.